The lowest BCUT2D eigenvalue weighted by Gasteiger charge is -2.03. The summed E-state index contributed by atoms with van der Waals surface area (Å²) in [6.07, 6.45) is 1.75. The maximum absolute atomic E-state index is 12.1. The molecule has 4 nitrogen and oxygen atoms in total. The van der Waals surface area contributed by atoms with E-state index in [1.807, 2.05) is 6.07 Å². The first kappa shape index (κ1) is 18.3. The highest BCUT2D eigenvalue weighted by Crippen LogP contribution is 2.32. The summed E-state index contributed by atoms with van der Waals surface area (Å²) in [6, 6.07) is 10.7. The number of hydrogen-bond donors (Lipinski definition) is 1. The second-order valence-electron chi connectivity index (χ2n) is 4.97. The molecule has 0 spiro atoms. The van der Waals surface area contributed by atoms with E-state index in [0.717, 1.165) is 10.0 Å². The lowest BCUT2D eigenvalue weighted by molar-refractivity contribution is -0.115. The van der Waals surface area contributed by atoms with Crippen LogP contribution in [0.3, 0.4) is 0 Å². The molecule has 0 saturated carbocycles. The number of halogens is 3. The van der Waals surface area contributed by atoms with E-state index in [4.69, 9.17) is 27.9 Å². The van der Waals surface area contributed by atoms with Crippen molar-refractivity contribution in [3.8, 4) is 5.75 Å². The normalized spacial score (nSPS) is 17.2. The minimum absolute atomic E-state index is 0.209. The van der Waals surface area contributed by atoms with E-state index in [9.17, 15) is 4.79 Å². The van der Waals surface area contributed by atoms with Gasteiger partial charge in [0.15, 0.2) is 5.17 Å². The number of carbonyl (C=O) groups excluding carboxylic acids is 1. The molecule has 1 amide bonds. The maximum Gasteiger partial charge on any atom is 0.264 e. The summed E-state index contributed by atoms with van der Waals surface area (Å²) in [5, 5.41) is 4.27. The summed E-state index contributed by atoms with van der Waals surface area (Å²) in [7, 11) is 1.55. The number of benzene rings is 2. The van der Waals surface area contributed by atoms with E-state index in [-0.39, 0.29) is 5.91 Å². The Morgan fingerprint density at radius 3 is 2.68 bits per heavy atom. The Labute approximate surface area is 167 Å². The second kappa shape index (κ2) is 7.83. The number of rotatable bonds is 3. The van der Waals surface area contributed by atoms with Gasteiger partial charge in [0.25, 0.3) is 5.91 Å². The van der Waals surface area contributed by atoms with Gasteiger partial charge >= 0.3 is 0 Å². The molecular formula is C17H11BrCl2N2O2S. The molecule has 2 aromatic carbocycles. The quantitative estimate of drug-likeness (QED) is 0.605. The number of amides is 1. The van der Waals surface area contributed by atoms with Gasteiger partial charge in [-0.3, -0.25) is 4.79 Å². The Morgan fingerprint density at radius 2 is 2.00 bits per heavy atom. The number of ether oxygens (including phenoxy) is 1. The van der Waals surface area contributed by atoms with Gasteiger partial charge in [-0.1, -0.05) is 29.3 Å². The van der Waals surface area contributed by atoms with Gasteiger partial charge in [-0.2, -0.15) is 0 Å². The fourth-order valence-electron chi connectivity index (χ4n) is 2.08. The van der Waals surface area contributed by atoms with Crippen LogP contribution in [0.2, 0.25) is 10.0 Å². The van der Waals surface area contributed by atoms with Crippen molar-refractivity contribution in [2.24, 2.45) is 4.99 Å². The summed E-state index contributed by atoms with van der Waals surface area (Å²) < 4.78 is 5.91. The van der Waals surface area contributed by atoms with Crippen molar-refractivity contribution in [3.05, 3.63) is 61.4 Å². The number of hydrogen-bond acceptors (Lipinski definition) is 4. The third-order valence-corrected chi connectivity index (χ3v) is 5.70. The molecule has 0 radical (unpaired) electrons. The predicted octanol–water partition coefficient (Wildman–Crippen LogP) is 5.66. The SMILES string of the molecule is COc1ccc(C=C2SC(=Nc3ccc(Br)c(Cl)c3)NC2=O)cc1Cl. The Morgan fingerprint density at radius 1 is 1.20 bits per heavy atom. The Kier molecular flexibility index (Phi) is 5.74. The monoisotopic (exact) mass is 456 g/mol. The molecule has 1 aliphatic rings. The average Bonchev–Trinajstić information content (AvgIpc) is 2.90. The van der Waals surface area contributed by atoms with Crippen LogP contribution in [0.15, 0.2) is 50.8 Å². The number of carbonyl (C=O) groups is 1. The van der Waals surface area contributed by atoms with Crippen molar-refractivity contribution in [1.29, 1.82) is 0 Å². The van der Waals surface area contributed by atoms with Crippen LogP contribution in [0.4, 0.5) is 5.69 Å². The van der Waals surface area contributed by atoms with Crippen molar-refractivity contribution in [2.45, 2.75) is 0 Å². The highest BCUT2D eigenvalue weighted by atomic mass is 79.9. The molecule has 8 heteroatoms. The van der Waals surface area contributed by atoms with Crippen LogP contribution in [0, 0.1) is 0 Å². The van der Waals surface area contributed by atoms with Crippen molar-refractivity contribution in [2.75, 3.05) is 7.11 Å². The first-order chi connectivity index (χ1) is 12.0. The second-order valence-corrected chi connectivity index (χ2v) is 7.67. The van der Waals surface area contributed by atoms with E-state index < -0.39 is 0 Å². The molecule has 0 atom stereocenters. The number of thioether (sulfide) groups is 1. The molecule has 25 heavy (non-hydrogen) atoms. The molecule has 1 aliphatic heterocycles. The minimum Gasteiger partial charge on any atom is -0.495 e. The van der Waals surface area contributed by atoms with Crippen molar-refractivity contribution in [3.63, 3.8) is 0 Å². The van der Waals surface area contributed by atoms with Crippen LogP contribution in [-0.4, -0.2) is 18.2 Å². The Hall–Kier alpha value is -1.47. The molecule has 0 aromatic heterocycles. The molecule has 1 fully saturated rings. The highest BCUT2D eigenvalue weighted by molar-refractivity contribution is 9.10. The molecule has 1 heterocycles. The average molecular weight is 458 g/mol. The Bertz CT molecular complexity index is 916. The number of nitrogens with zero attached hydrogens (tertiary/aromatic N) is 1. The number of amidine groups is 1. The molecular weight excluding hydrogens is 447 g/mol. The van der Waals surface area contributed by atoms with Gasteiger partial charge in [0.05, 0.1) is 27.7 Å². The van der Waals surface area contributed by atoms with Crippen molar-refractivity contribution < 1.29 is 9.53 Å². The summed E-state index contributed by atoms with van der Waals surface area (Å²) in [6.45, 7) is 0. The first-order valence-corrected chi connectivity index (χ1v) is 9.41. The van der Waals surface area contributed by atoms with E-state index in [1.54, 1.807) is 43.5 Å². The first-order valence-electron chi connectivity index (χ1n) is 7.04. The van der Waals surface area contributed by atoms with Gasteiger partial charge in [0, 0.05) is 4.47 Å². The largest absolute Gasteiger partial charge is 0.495 e. The third kappa shape index (κ3) is 4.39. The molecule has 0 unspecified atom stereocenters. The number of aliphatic imine (C=N–C) groups is 1. The fourth-order valence-corrected chi connectivity index (χ4v) is 3.61. The summed E-state index contributed by atoms with van der Waals surface area (Å²) in [4.78, 5) is 17.1. The molecule has 1 N–H and O–H groups in total. The van der Waals surface area contributed by atoms with E-state index in [0.29, 0.717) is 31.6 Å². The van der Waals surface area contributed by atoms with Crippen molar-refractivity contribution in [1.82, 2.24) is 5.32 Å². The van der Waals surface area contributed by atoms with Crippen LogP contribution in [-0.2, 0) is 4.79 Å². The van der Waals surface area contributed by atoms with Gasteiger partial charge in [-0.15, -0.1) is 0 Å². The minimum atomic E-state index is -0.209. The zero-order valence-electron chi connectivity index (χ0n) is 12.8. The fraction of sp³-hybridized carbons (Fsp3) is 0.0588. The summed E-state index contributed by atoms with van der Waals surface area (Å²) >= 11 is 16.8. The van der Waals surface area contributed by atoms with E-state index in [2.05, 4.69) is 26.2 Å². The van der Waals surface area contributed by atoms with Crippen LogP contribution < -0.4 is 10.1 Å². The lowest BCUT2D eigenvalue weighted by Crippen LogP contribution is -2.19. The van der Waals surface area contributed by atoms with Crippen LogP contribution in [0.25, 0.3) is 6.08 Å². The molecule has 1 saturated heterocycles. The predicted molar refractivity (Wildman–Crippen MR) is 108 cm³/mol. The zero-order chi connectivity index (χ0) is 18.0. The van der Waals surface area contributed by atoms with Crippen LogP contribution >= 0.6 is 50.9 Å². The van der Waals surface area contributed by atoms with Gasteiger partial charge in [-0.25, -0.2) is 4.99 Å². The van der Waals surface area contributed by atoms with Crippen LogP contribution in [0.5, 0.6) is 5.75 Å². The van der Waals surface area contributed by atoms with Gasteiger partial charge in [0.2, 0.25) is 0 Å². The molecule has 3 rings (SSSR count). The molecule has 0 bridgehead atoms. The lowest BCUT2D eigenvalue weighted by atomic mass is 10.2. The summed E-state index contributed by atoms with van der Waals surface area (Å²) in [5.74, 6) is 0.376. The molecule has 128 valence electrons. The number of nitrogens with one attached hydrogen (secondary N) is 1. The van der Waals surface area contributed by atoms with Crippen LogP contribution in [0.1, 0.15) is 5.56 Å². The van der Waals surface area contributed by atoms with E-state index in [1.165, 1.54) is 11.8 Å². The topological polar surface area (TPSA) is 50.7 Å². The van der Waals surface area contributed by atoms with E-state index >= 15 is 0 Å². The highest BCUT2D eigenvalue weighted by Gasteiger charge is 2.24. The van der Waals surface area contributed by atoms with Gasteiger partial charge in [0.1, 0.15) is 5.75 Å². The standard InChI is InChI=1S/C17H11BrCl2N2O2S/c1-24-14-5-2-9(6-13(14)20)7-15-16(23)22-17(25-15)21-10-3-4-11(18)12(19)8-10/h2-8H,1H3,(H,21,22,23). The molecule has 0 aliphatic carbocycles. The van der Waals surface area contributed by atoms with Gasteiger partial charge < -0.3 is 10.1 Å². The third-order valence-electron chi connectivity index (χ3n) is 3.26. The Balaban J connectivity index is 1.83. The molecule has 2 aromatic rings. The summed E-state index contributed by atoms with van der Waals surface area (Å²) in [5.41, 5.74) is 1.46. The zero-order valence-corrected chi connectivity index (χ0v) is 16.8. The smallest absolute Gasteiger partial charge is 0.264 e. The van der Waals surface area contributed by atoms with Gasteiger partial charge in [-0.05, 0) is 69.7 Å². The maximum atomic E-state index is 12.1. The number of methoxy groups -OCH3 is 1. The van der Waals surface area contributed by atoms with Crippen molar-refractivity contribution >= 4 is 73.7 Å².